The van der Waals surface area contributed by atoms with Crippen LogP contribution in [0.15, 0.2) is 12.1 Å². The number of hydrogen-bond acceptors (Lipinski definition) is 4. The van der Waals surface area contributed by atoms with Gasteiger partial charge >= 0.3 is 0 Å². The average Bonchev–Trinajstić information content (AvgIpc) is 2.62. The summed E-state index contributed by atoms with van der Waals surface area (Å²) in [5.41, 5.74) is 1.26. The van der Waals surface area contributed by atoms with Gasteiger partial charge in [0, 0.05) is 24.9 Å². The molecule has 0 aliphatic carbocycles. The van der Waals surface area contributed by atoms with Crippen LogP contribution in [0.2, 0.25) is 0 Å². The Morgan fingerprint density at radius 3 is 2.75 bits per heavy atom. The molecule has 110 valence electrons. The Balaban J connectivity index is 2.37. The van der Waals surface area contributed by atoms with Gasteiger partial charge in [0.15, 0.2) is 16.3 Å². The van der Waals surface area contributed by atoms with Gasteiger partial charge < -0.3 is 14.3 Å². The molecular weight excluding hydrogens is 303 g/mol. The Labute approximate surface area is 121 Å². The van der Waals surface area contributed by atoms with E-state index < -0.39 is 15.7 Å². The Morgan fingerprint density at radius 2 is 2.15 bits per heavy atom. The molecule has 0 bridgehead atoms. The summed E-state index contributed by atoms with van der Waals surface area (Å²) >= 11 is 5.18. The largest absolute Gasteiger partial charge is 0.494 e. The molecule has 2 rings (SSSR count). The third kappa shape index (κ3) is 3.18. The molecule has 20 heavy (non-hydrogen) atoms. The van der Waals surface area contributed by atoms with E-state index in [-0.39, 0.29) is 11.5 Å². The molecule has 1 aromatic carbocycles. The Kier molecular flexibility index (Phi) is 4.14. The van der Waals surface area contributed by atoms with Crippen LogP contribution < -0.4 is 4.74 Å². The van der Waals surface area contributed by atoms with Crippen LogP contribution in [-0.4, -0.2) is 37.1 Å². The van der Waals surface area contributed by atoms with E-state index in [0.717, 1.165) is 0 Å². The molecule has 0 spiro atoms. The molecule has 1 aromatic heterocycles. The number of H-pyrrole nitrogens is 1. The van der Waals surface area contributed by atoms with Crippen molar-refractivity contribution in [1.82, 2.24) is 9.55 Å². The summed E-state index contributed by atoms with van der Waals surface area (Å²) in [6, 6.07) is 2.87. The second kappa shape index (κ2) is 5.53. The van der Waals surface area contributed by atoms with Crippen LogP contribution in [-0.2, 0) is 16.4 Å². The SMILES string of the molecule is COc1cc2c(cc1F)[nH]c(=S)n2CCCS(C)(=O)=O. The highest BCUT2D eigenvalue weighted by Gasteiger charge is 2.11. The zero-order valence-electron chi connectivity index (χ0n) is 11.1. The lowest BCUT2D eigenvalue weighted by atomic mass is 10.3. The number of aryl methyl sites for hydroxylation is 1. The van der Waals surface area contributed by atoms with Crippen LogP contribution >= 0.6 is 12.2 Å². The molecular formula is C12H15FN2O3S2. The number of halogens is 1. The van der Waals surface area contributed by atoms with Crippen molar-refractivity contribution in [3.05, 3.63) is 22.7 Å². The third-order valence-corrected chi connectivity index (χ3v) is 4.30. The van der Waals surface area contributed by atoms with E-state index in [1.165, 1.54) is 19.4 Å². The molecule has 2 aromatic rings. The summed E-state index contributed by atoms with van der Waals surface area (Å²) in [6.45, 7) is 0.445. The lowest BCUT2D eigenvalue weighted by Gasteiger charge is -2.06. The van der Waals surface area contributed by atoms with Crippen molar-refractivity contribution >= 4 is 33.1 Å². The van der Waals surface area contributed by atoms with Gasteiger partial charge in [0.25, 0.3) is 0 Å². The van der Waals surface area contributed by atoms with Crippen LogP contribution in [0.1, 0.15) is 6.42 Å². The Morgan fingerprint density at radius 1 is 1.45 bits per heavy atom. The van der Waals surface area contributed by atoms with Crippen molar-refractivity contribution in [2.75, 3.05) is 19.1 Å². The second-order valence-electron chi connectivity index (χ2n) is 4.57. The van der Waals surface area contributed by atoms with Gasteiger partial charge in [0.1, 0.15) is 9.84 Å². The van der Waals surface area contributed by atoms with Crippen molar-refractivity contribution < 1.29 is 17.5 Å². The summed E-state index contributed by atoms with van der Waals surface area (Å²) in [5, 5.41) is 0. The number of aromatic nitrogens is 2. The highest BCUT2D eigenvalue weighted by atomic mass is 32.2. The lowest BCUT2D eigenvalue weighted by molar-refractivity contribution is 0.387. The molecule has 0 aliphatic rings. The quantitative estimate of drug-likeness (QED) is 0.859. The van der Waals surface area contributed by atoms with Crippen molar-refractivity contribution in [3.63, 3.8) is 0 Å². The molecule has 0 amide bonds. The molecule has 8 heteroatoms. The zero-order valence-corrected chi connectivity index (χ0v) is 12.8. The van der Waals surface area contributed by atoms with Gasteiger partial charge in [0.2, 0.25) is 0 Å². The first-order chi connectivity index (χ1) is 9.31. The van der Waals surface area contributed by atoms with E-state index in [2.05, 4.69) is 4.98 Å². The second-order valence-corrected chi connectivity index (χ2v) is 7.22. The predicted molar refractivity (Wildman–Crippen MR) is 78.0 cm³/mol. The molecule has 1 heterocycles. The molecule has 1 N–H and O–H groups in total. The molecule has 0 aliphatic heterocycles. The third-order valence-electron chi connectivity index (χ3n) is 2.94. The minimum Gasteiger partial charge on any atom is -0.494 e. The normalized spacial score (nSPS) is 11.9. The first-order valence-corrected chi connectivity index (χ1v) is 8.42. The van der Waals surface area contributed by atoms with E-state index in [9.17, 15) is 12.8 Å². The maximum Gasteiger partial charge on any atom is 0.178 e. The van der Waals surface area contributed by atoms with Gasteiger partial charge in [-0.15, -0.1) is 0 Å². The van der Waals surface area contributed by atoms with E-state index in [1.807, 2.05) is 0 Å². The van der Waals surface area contributed by atoms with Crippen LogP contribution in [0.25, 0.3) is 11.0 Å². The summed E-state index contributed by atoms with van der Waals surface area (Å²) in [5.74, 6) is -0.261. The molecule has 0 atom stereocenters. The number of sulfone groups is 1. The number of ether oxygens (including phenoxy) is 1. The first-order valence-electron chi connectivity index (χ1n) is 5.95. The number of nitrogens with zero attached hydrogens (tertiary/aromatic N) is 1. The first kappa shape index (κ1) is 15.0. The minimum atomic E-state index is -3.01. The lowest BCUT2D eigenvalue weighted by Crippen LogP contribution is -2.07. The van der Waals surface area contributed by atoms with Crippen LogP contribution in [0, 0.1) is 10.6 Å². The maximum atomic E-state index is 13.6. The van der Waals surface area contributed by atoms with Crippen molar-refractivity contribution in [2.24, 2.45) is 0 Å². The van der Waals surface area contributed by atoms with E-state index >= 15 is 0 Å². The number of fused-ring (bicyclic) bond motifs is 1. The van der Waals surface area contributed by atoms with Gasteiger partial charge in [-0.25, -0.2) is 12.8 Å². The maximum absolute atomic E-state index is 13.6. The monoisotopic (exact) mass is 318 g/mol. The average molecular weight is 318 g/mol. The number of benzene rings is 1. The summed E-state index contributed by atoms with van der Waals surface area (Å²) in [4.78, 5) is 2.90. The van der Waals surface area contributed by atoms with Gasteiger partial charge in [-0.1, -0.05) is 0 Å². The van der Waals surface area contributed by atoms with Gasteiger partial charge in [-0.05, 0) is 18.6 Å². The number of imidazole rings is 1. The van der Waals surface area contributed by atoms with Gasteiger partial charge in [-0.3, -0.25) is 0 Å². The smallest absolute Gasteiger partial charge is 0.178 e. The van der Waals surface area contributed by atoms with E-state index in [1.54, 1.807) is 10.6 Å². The van der Waals surface area contributed by atoms with Crippen LogP contribution in [0.5, 0.6) is 5.75 Å². The minimum absolute atomic E-state index is 0.0831. The summed E-state index contributed by atoms with van der Waals surface area (Å²) < 4.78 is 43.0. The van der Waals surface area contributed by atoms with Crippen LogP contribution in [0.4, 0.5) is 4.39 Å². The topological polar surface area (TPSA) is 64.1 Å². The number of aromatic amines is 1. The zero-order chi connectivity index (χ0) is 14.9. The predicted octanol–water partition coefficient (Wildman–Crippen LogP) is 2.28. The summed E-state index contributed by atoms with van der Waals surface area (Å²) in [6.07, 6.45) is 1.64. The fraction of sp³-hybridized carbons (Fsp3) is 0.417. The molecule has 0 fully saturated rings. The van der Waals surface area contributed by atoms with Crippen LogP contribution in [0.3, 0.4) is 0 Å². The fourth-order valence-electron chi connectivity index (χ4n) is 2.02. The van der Waals surface area contributed by atoms with Gasteiger partial charge in [-0.2, -0.15) is 0 Å². The van der Waals surface area contributed by atoms with Crippen molar-refractivity contribution in [3.8, 4) is 5.75 Å². The molecule has 0 radical (unpaired) electrons. The Hall–Kier alpha value is -1.41. The highest BCUT2D eigenvalue weighted by molar-refractivity contribution is 7.90. The highest BCUT2D eigenvalue weighted by Crippen LogP contribution is 2.24. The number of methoxy groups -OCH3 is 1. The number of hydrogen-bond donors (Lipinski definition) is 1. The van der Waals surface area contributed by atoms with E-state index in [0.29, 0.717) is 28.8 Å². The molecule has 0 saturated heterocycles. The summed E-state index contributed by atoms with van der Waals surface area (Å²) in [7, 11) is -1.62. The molecule has 0 unspecified atom stereocenters. The van der Waals surface area contributed by atoms with Crippen molar-refractivity contribution in [2.45, 2.75) is 13.0 Å². The molecule has 5 nitrogen and oxygen atoms in total. The molecule has 0 saturated carbocycles. The Bertz CT molecular complexity index is 793. The van der Waals surface area contributed by atoms with E-state index in [4.69, 9.17) is 17.0 Å². The van der Waals surface area contributed by atoms with Gasteiger partial charge in [0.05, 0.1) is 23.9 Å². The number of nitrogens with one attached hydrogen (secondary N) is 1. The number of rotatable bonds is 5. The fourth-order valence-corrected chi connectivity index (χ4v) is 2.97. The van der Waals surface area contributed by atoms with Crippen molar-refractivity contribution in [1.29, 1.82) is 0 Å². The standard InChI is InChI=1S/C12H15FN2O3S2/c1-18-11-7-10-9(6-8(11)13)14-12(19)15(10)4-3-5-20(2,16)17/h6-7H,3-5H2,1-2H3,(H,14,19).